The number of rotatable bonds is 18. The molecule has 0 radical (unpaired) electrons. The van der Waals surface area contributed by atoms with Crippen molar-refractivity contribution in [1.29, 1.82) is 0 Å². The smallest absolute Gasteiger partial charge is 0.189 e. The predicted octanol–water partition coefficient (Wildman–Crippen LogP) is -0.480. The third-order valence-electron chi connectivity index (χ3n) is 4.37. The highest BCUT2D eigenvalue weighted by molar-refractivity contribution is 4.87. The zero-order chi connectivity index (χ0) is 24.4. The molecule has 0 fully saturated rings. The quantitative estimate of drug-likeness (QED) is 0.117. The molecule has 0 aromatic carbocycles. The van der Waals surface area contributed by atoms with E-state index >= 15 is 0 Å². The van der Waals surface area contributed by atoms with Crippen molar-refractivity contribution in [3.63, 3.8) is 0 Å². The fourth-order valence-electron chi connectivity index (χ4n) is 2.71. The number of ether oxygens (including phenoxy) is 4. The van der Waals surface area contributed by atoms with E-state index in [0.29, 0.717) is 26.2 Å². The summed E-state index contributed by atoms with van der Waals surface area (Å²) in [5.74, 6) is -1.61. The molecule has 0 rings (SSSR count). The first kappa shape index (κ1) is 32.8. The summed E-state index contributed by atoms with van der Waals surface area (Å²) in [6.07, 6.45) is 0.524. The van der Waals surface area contributed by atoms with Gasteiger partial charge in [0.25, 0.3) is 0 Å². The second-order valence-corrected chi connectivity index (χ2v) is 8.56. The second-order valence-electron chi connectivity index (χ2n) is 8.56. The predicted molar refractivity (Wildman–Crippen MR) is 116 cm³/mol. The Balaban J connectivity index is 0. The molecule has 0 spiro atoms. The van der Waals surface area contributed by atoms with Crippen LogP contribution in [0.3, 0.4) is 0 Å². The van der Waals surface area contributed by atoms with E-state index in [2.05, 4.69) is 0 Å². The zero-order valence-electron chi connectivity index (χ0n) is 19.9. The van der Waals surface area contributed by atoms with Crippen LogP contribution in [0.5, 0.6) is 0 Å². The van der Waals surface area contributed by atoms with Gasteiger partial charge in [-0.3, -0.25) is 0 Å². The first-order valence-corrected chi connectivity index (χ1v) is 10.7. The van der Waals surface area contributed by atoms with Crippen LogP contribution < -0.4 is 0 Å². The van der Waals surface area contributed by atoms with E-state index in [0.717, 1.165) is 0 Å². The molecule has 190 valence electrons. The van der Waals surface area contributed by atoms with Gasteiger partial charge in [0.2, 0.25) is 0 Å². The van der Waals surface area contributed by atoms with E-state index in [4.69, 9.17) is 39.4 Å². The van der Waals surface area contributed by atoms with Crippen molar-refractivity contribution in [3.05, 3.63) is 0 Å². The monoisotopic (exact) mass is 458 g/mol. The Morgan fingerprint density at radius 2 is 1.00 bits per heavy atom. The molecule has 0 aliphatic heterocycles. The maximum Gasteiger partial charge on any atom is 0.189 e. The summed E-state index contributed by atoms with van der Waals surface area (Å²) < 4.78 is 21.1. The summed E-state index contributed by atoms with van der Waals surface area (Å²) in [6, 6.07) is 0. The fraction of sp³-hybridized carbons (Fsp3) is 1.00. The largest absolute Gasteiger partial charge is 0.394 e. The lowest BCUT2D eigenvalue weighted by atomic mass is 9.87. The van der Waals surface area contributed by atoms with Crippen LogP contribution in [0.25, 0.3) is 0 Å². The normalized spacial score (nSPS) is 14.3. The topological polar surface area (TPSA) is 158 Å². The molecule has 31 heavy (non-hydrogen) atoms. The first-order chi connectivity index (χ1) is 14.4. The van der Waals surface area contributed by atoms with Crippen molar-refractivity contribution in [3.8, 4) is 0 Å². The van der Waals surface area contributed by atoms with Gasteiger partial charge < -0.3 is 49.6 Å². The highest BCUT2D eigenvalue weighted by atomic mass is 16.6. The van der Waals surface area contributed by atoms with Crippen LogP contribution in [0.2, 0.25) is 0 Å². The van der Waals surface area contributed by atoms with Crippen molar-refractivity contribution < 1.29 is 49.6 Å². The van der Waals surface area contributed by atoms with Gasteiger partial charge in [-0.25, -0.2) is 0 Å². The van der Waals surface area contributed by atoms with Crippen molar-refractivity contribution in [2.45, 2.75) is 52.4 Å². The Labute approximate surface area is 186 Å². The van der Waals surface area contributed by atoms with Crippen LogP contribution in [0, 0.1) is 11.3 Å². The lowest BCUT2D eigenvalue weighted by Crippen LogP contribution is -2.53. The Bertz CT molecular complexity index is 374. The average Bonchev–Trinajstić information content (AvgIpc) is 2.66. The fourth-order valence-corrected chi connectivity index (χ4v) is 2.71. The molecule has 1 atom stereocenters. The Kier molecular flexibility index (Phi) is 19.1. The lowest BCUT2D eigenvalue weighted by molar-refractivity contribution is -0.279. The molecular formula is C21H46O10. The Hall–Kier alpha value is -0.400. The van der Waals surface area contributed by atoms with Crippen molar-refractivity contribution >= 4 is 0 Å². The third kappa shape index (κ3) is 16.8. The molecule has 10 heteroatoms. The molecule has 10 nitrogen and oxygen atoms in total. The van der Waals surface area contributed by atoms with Crippen LogP contribution in [0.15, 0.2) is 0 Å². The first-order valence-electron chi connectivity index (χ1n) is 10.7. The molecule has 0 aromatic rings. The van der Waals surface area contributed by atoms with E-state index in [1.807, 2.05) is 20.8 Å². The molecule has 0 bridgehead atoms. The van der Waals surface area contributed by atoms with Crippen LogP contribution >= 0.6 is 0 Å². The van der Waals surface area contributed by atoms with Gasteiger partial charge in [-0.05, 0) is 26.2 Å². The molecule has 0 aliphatic rings. The van der Waals surface area contributed by atoms with Gasteiger partial charge in [0.1, 0.15) is 5.60 Å². The second kappa shape index (κ2) is 18.1. The highest BCUT2D eigenvalue weighted by Gasteiger charge is 2.43. The molecule has 0 heterocycles. The van der Waals surface area contributed by atoms with E-state index in [1.54, 1.807) is 6.92 Å². The SMILES string of the molecule is CC(C)CC(C)(OCCO)C(C)(O)O.CC(COCCO)(COCCO)COCCO. The molecule has 0 saturated heterocycles. The van der Waals surface area contributed by atoms with E-state index < -0.39 is 11.4 Å². The Morgan fingerprint density at radius 1 is 0.645 bits per heavy atom. The van der Waals surface area contributed by atoms with Gasteiger partial charge in [0, 0.05) is 5.41 Å². The Morgan fingerprint density at radius 3 is 1.26 bits per heavy atom. The van der Waals surface area contributed by atoms with E-state index in [9.17, 15) is 10.2 Å². The molecule has 0 saturated carbocycles. The minimum atomic E-state index is -1.90. The van der Waals surface area contributed by atoms with E-state index in [-0.39, 0.29) is 64.2 Å². The molecule has 1 unspecified atom stereocenters. The van der Waals surface area contributed by atoms with Crippen molar-refractivity contribution in [1.82, 2.24) is 0 Å². The van der Waals surface area contributed by atoms with Crippen molar-refractivity contribution in [2.24, 2.45) is 11.3 Å². The molecular weight excluding hydrogens is 412 g/mol. The number of aliphatic hydroxyl groups is 6. The molecule has 0 aromatic heterocycles. The zero-order valence-corrected chi connectivity index (χ0v) is 19.9. The summed E-state index contributed by atoms with van der Waals surface area (Å²) in [5, 5.41) is 53.7. The van der Waals surface area contributed by atoms with Gasteiger partial charge in [-0.2, -0.15) is 0 Å². The van der Waals surface area contributed by atoms with Crippen LogP contribution in [-0.4, -0.2) is 115 Å². The summed E-state index contributed by atoms with van der Waals surface area (Å²) in [7, 11) is 0. The number of hydrogen-bond acceptors (Lipinski definition) is 10. The summed E-state index contributed by atoms with van der Waals surface area (Å²) in [5.41, 5.74) is -1.39. The average molecular weight is 459 g/mol. The summed E-state index contributed by atoms with van der Waals surface area (Å²) in [4.78, 5) is 0. The van der Waals surface area contributed by atoms with Crippen LogP contribution in [0.4, 0.5) is 0 Å². The standard InChI is InChI=1S/C11H24O6.C10H22O4/c1-11(8-15-5-2-12,9-16-6-3-13)10-17-7-4-14;1-8(2)7-9(3,10(4,12)13)14-6-5-11/h12-14H,2-10H2,1H3;8,11-13H,5-7H2,1-4H3. The van der Waals surface area contributed by atoms with Crippen LogP contribution in [0.1, 0.15) is 41.0 Å². The molecule has 0 aliphatic carbocycles. The maximum atomic E-state index is 9.56. The molecule has 6 N–H and O–H groups in total. The highest BCUT2D eigenvalue weighted by Crippen LogP contribution is 2.30. The summed E-state index contributed by atoms with van der Waals surface area (Å²) >= 11 is 0. The summed E-state index contributed by atoms with van der Waals surface area (Å²) in [6.45, 7) is 10.7. The van der Waals surface area contributed by atoms with Crippen LogP contribution in [-0.2, 0) is 18.9 Å². The van der Waals surface area contributed by atoms with Gasteiger partial charge in [0.05, 0.1) is 72.7 Å². The van der Waals surface area contributed by atoms with Gasteiger partial charge >= 0.3 is 0 Å². The minimum absolute atomic E-state index is 0.0227. The maximum absolute atomic E-state index is 9.56. The minimum Gasteiger partial charge on any atom is -0.394 e. The number of hydrogen-bond donors (Lipinski definition) is 6. The van der Waals surface area contributed by atoms with Gasteiger partial charge in [-0.15, -0.1) is 0 Å². The number of aliphatic hydroxyl groups excluding tert-OH is 4. The van der Waals surface area contributed by atoms with Crippen molar-refractivity contribution in [2.75, 3.05) is 72.7 Å². The van der Waals surface area contributed by atoms with Gasteiger partial charge in [0.15, 0.2) is 5.79 Å². The lowest BCUT2D eigenvalue weighted by Gasteiger charge is -2.39. The van der Waals surface area contributed by atoms with Gasteiger partial charge in [-0.1, -0.05) is 20.8 Å². The molecule has 0 amide bonds. The third-order valence-corrected chi connectivity index (χ3v) is 4.37. The van der Waals surface area contributed by atoms with E-state index in [1.165, 1.54) is 6.92 Å².